The molecule has 2 heterocycles. The Hall–Kier alpha value is -2.96. The van der Waals surface area contributed by atoms with Gasteiger partial charge >= 0.3 is 5.97 Å². The van der Waals surface area contributed by atoms with Gasteiger partial charge in [-0.15, -0.1) is 11.3 Å². The summed E-state index contributed by atoms with van der Waals surface area (Å²) in [5, 5.41) is 6.11. The van der Waals surface area contributed by atoms with E-state index in [-0.39, 0.29) is 12.4 Å². The fraction of sp³-hybridized carbons (Fsp3) is 0.296. The van der Waals surface area contributed by atoms with Gasteiger partial charge in [0.15, 0.2) is 12.4 Å². The lowest BCUT2D eigenvalue weighted by molar-refractivity contribution is 0.0479. The van der Waals surface area contributed by atoms with Crippen LogP contribution in [0.15, 0.2) is 54.6 Å². The summed E-state index contributed by atoms with van der Waals surface area (Å²) in [4.78, 5) is 26.6. The van der Waals surface area contributed by atoms with Crippen molar-refractivity contribution >= 4 is 44.9 Å². The Labute approximate surface area is 207 Å². The Bertz CT molecular complexity index is 1330. The molecule has 0 bridgehead atoms. The number of ketones is 1. The van der Waals surface area contributed by atoms with Crippen molar-refractivity contribution in [2.75, 3.05) is 6.61 Å². The van der Waals surface area contributed by atoms with Crippen LogP contribution in [-0.4, -0.2) is 28.1 Å². The van der Waals surface area contributed by atoms with E-state index in [1.165, 1.54) is 49.0 Å². The Morgan fingerprint density at radius 3 is 2.47 bits per heavy atom. The fourth-order valence-electron chi connectivity index (χ4n) is 4.57. The van der Waals surface area contributed by atoms with Gasteiger partial charge in [-0.25, -0.2) is 9.48 Å². The molecule has 4 aromatic rings. The number of carbonyl (C=O) groups excluding carboxylic acids is 2. The van der Waals surface area contributed by atoms with Gasteiger partial charge in [-0.3, -0.25) is 4.79 Å². The van der Waals surface area contributed by atoms with Crippen molar-refractivity contribution in [3.63, 3.8) is 0 Å². The highest BCUT2D eigenvalue weighted by molar-refractivity contribution is 7.20. The summed E-state index contributed by atoms with van der Waals surface area (Å²) in [6.45, 7) is 1.62. The highest BCUT2D eigenvalue weighted by Crippen LogP contribution is 2.33. The number of hydrogen-bond donors (Lipinski definition) is 0. The number of halogens is 1. The van der Waals surface area contributed by atoms with Crippen LogP contribution in [-0.2, 0) is 4.74 Å². The minimum atomic E-state index is -0.504. The van der Waals surface area contributed by atoms with Crippen LogP contribution < -0.4 is 0 Å². The van der Waals surface area contributed by atoms with Gasteiger partial charge in [-0.2, -0.15) is 5.10 Å². The van der Waals surface area contributed by atoms with Crippen LogP contribution in [0.25, 0.3) is 15.9 Å². The number of aryl methyl sites for hydroxylation is 1. The summed E-state index contributed by atoms with van der Waals surface area (Å²) in [5.41, 5.74) is 3.53. The smallest absolute Gasteiger partial charge is 0.348 e. The zero-order valence-corrected chi connectivity index (χ0v) is 20.5. The molecule has 0 atom stereocenters. The number of ether oxygens (including phenoxy) is 1. The quantitative estimate of drug-likeness (QED) is 0.212. The summed E-state index contributed by atoms with van der Waals surface area (Å²) < 4.78 is 7.16. The predicted molar refractivity (Wildman–Crippen MR) is 136 cm³/mol. The lowest BCUT2D eigenvalue weighted by Crippen LogP contribution is -2.14. The van der Waals surface area contributed by atoms with Gasteiger partial charge in [0.2, 0.25) is 0 Å². The lowest BCUT2D eigenvalue weighted by Gasteiger charge is -2.22. The van der Waals surface area contributed by atoms with E-state index in [4.69, 9.17) is 16.3 Å². The van der Waals surface area contributed by atoms with E-state index in [1.54, 1.807) is 22.9 Å². The average molecular weight is 493 g/mol. The SMILES string of the molecule is Cc1nn(-c2ccc(Cl)cc2)c2sc(C(=O)OCC(=O)c3ccc(C4CCCCC4)cc3)cc12. The molecule has 2 aromatic carbocycles. The van der Waals surface area contributed by atoms with E-state index in [0.717, 1.165) is 21.6 Å². The van der Waals surface area contributed by atoms with Gasteiger partial charge in [0, 0.05) is 16.0 Å². The van der Waals surface area contributed by atoms with Crippen molar-refractivity contribution in [1.29, 1.82) is 0 Å². The molecule has 7 heteroatoms. The second-order valence-corrected chi connectivity index (χ2v) is 10.2. The molecule has 0 amide bonds. The highest BCUT2D eigenvalue weighted by atomic mass is 35.5. The third-order valence-electron chi connectivity index (χ3n) is 6.46. The summed E-state index contributed by atoms with van der Waals surface area (Å²) >= 11 is 7.30. The first kappa shape index (κ1) is 22.8. The van der Waals surface area contributed by atoms with Crippen LogP contribution in [0.3, 0.4) is 0 Å². The molecule has 174 valence electrons. The molecule has 0 saturated heterocycles. The van der Waals surface area contributed by atoms with Crippen molar-refractivity contribution < 1.29 is 14.3 Å². The molecule has 34 heavy (non-hydrogen) atoms. The molecule has 0 radical (unpaired) electrons. The molecule has 0 spiro atoms. The van der Waals surface area contributed by atoms with Gasteiger partial charge in [0.25, 0.3) is 0 Å². The van der Waals surface area contributed by atoms with Gasteiger partial charge in [-0.05, 0) is 61.6 Å². The van der Waals surface area contributed by atoms with E-state index >= 15 is 0 Å². The third-order valence-corrected chi connectivity index (χ3v) is 7.80. The van der Waals surface area contributed by atoms with E-state index in [0.29, 0.717) is 21.4 Å². The number of benzene rings is 2. The maximum atomic E-state index is 12.7. The lowest BCUT2D eigenvalue weighted by atomic mass is 9.84. The standard InChI is InChI=1S/C27H25ClN2O3S/c1-17-23-15-25(34-26(23)30(29-17)22-13-11-21(28)12-14-22)27(32)33-16-24(31)20-9-7-19(8-10-20)18-5-3-2-4-6-18/h7-15,18H,2-6,16H2,1H3. The molecule has 5 nitrogen and oxygen atoms in total. The van der Waals surface area contributed by atoms with Gasteiger partial charge in [0.05, 0.1) is 11.4 Å². The van der Waals surface area contributed by atoms with Crippen LogP contribution in [0.1, 0.15) is 69.3 Å². The van der Waals surface area contributed by atoms with Crippen LogP contribution in [0.2, 0.25) is 5.02 Å². The molecule has 0 aliphatic heterocycles. The third kappa shape index (κ3) is 4.65. The zero-order valence-electron chi connectivity index (χ0n) is 18.9. The number of Topliss-reactive ketones (excluding diaryl/α,β-unsaturated/α-hetero) is 1. The second kappa shape index (κ2) is 9.72. The number of aromatic nitrogens is 2. The van der Waals surface area contributed by atoms with E-state index in [1.807, 2.05) is 43.3 Å². The topological polar surface area (TPSA) is 61.2 Å². The summed E-state index contributed by atoms with van der Waals surface area (Å²) in [5.74, 6) is -0.112. The van der Waals surface area contributed by atoms with Gasteiger partial charge in [-0.1, -0.05) is 55.1 Å². The molecular weight excluding hydrogens is 468 g/mol. The molecule has 1 fully saturated rings. The largest absolute Gasteiger partial charge is 0.453 e. The number of fused-ring (bicyclic) bond motifs is 1. The number of thiophene rings is 1. The first-order valence-corrected chi connectivity index (χ1v) is 12.7. The maximum Gasteiger partial charge on any atom is 0.348 e. The van der Waals surface area contributed by atoms with E-state index in [9.17, 15) is 9.59 Å². The average Bonchev–Trinajstić information content (AvgIpc) is 3.44. The normalized spacial score (nSPS) is 14.4. The molecule has 1 aliphatic carbocycles. The Balaban J connectivity index is 1.26. The Morgan fingerprint density at radius 2 is 1.76 bits per heavy atom. The molecule has 0 N–H and O–H groups in total. The minimum absolute atomic E-state index is 0.201. The number of carbonyl (C=O) groups is 2. The van der Waals surface area contributed by atoms with Crippen molar-refractivity contribution in [3.05, 3.63) is 81.3 Å². The van der Waals surface area contributed by atoms with Crippen molar-refractivity contribution in [3.8, 4) is 5.69 Å². The van der Waals surface area contributed by atoms with Crippen molar-refractivity contribution in [2.24, 2.45) is 0 Å². The second-order valence-electron chi connectivity index (χ2n) is 8.76. The molecule has 5 rings (SSSR count). The van der Waals surface area contributed by atoms with E-state index < -0.39 is 5.97 Å². The van der Waals surface area contributed by atoms with Crippen molar-refractivity contribution in [1.82, 2.24) is 9.78 Å². The number of hydrogen-bond acceptors (Lipinski definition) is 5. The summed E-state index contributed by atoms with van der Waals surface area (Å²) in [6.07, 6.45) is 6.30. The van der Waals surface area contributed by atoms with Crippen LogP contribution in [0.5, 0.6) is 0 Å². The maximum absolute atomic E-state index is 12.7. The Morgan fingerprint density at radius 1 is 1.06 bits per heavy atom. The van der Waals surface area contributed by atoms with Crippen molar-refractivity contribution in [2.45, 2.75) is 44.9 Å². The Kier molecular flexibility index (Phi) is 6.53. The molecule has 0 unspecified atom stereocenters. The highest BCUT2D eigenvalue weighted by Gasteiger charge is 2.20. The predicted octanol–water partition coefficient (Wildman–Crippen LogP) is 7.14. The minimum Gasteiger partial charge on any atom is -0.453 e. The van der Waals surface area contributed by atoms with Crippen LogP contribution in [0, 0.1) is 6.92 Å². The monoisotopic (exact) mass is 492 g/mol. The summed E-state index contributed by atoms with van der Waals surface area (Å²) in [7, 11) is 0. The zero-order chi connectivity index (χ0) is 23.7. The fourth-order valence-corrected chi connectivity index (χ4v) is 5.77. The van der Waals surface area contributed by atoms with Gasteiger partial charge < -0.3 is 4.74 Å². The molecule has 1 aliphatic rings. The van der Waals surface area contributed by atoms with E-state index in [2.05, 4.69) is 5.10 Å². The number of esters is 1. The molecule has 1 saturated carbocycles. The molecular formula is C27H25ClN2O3S. The first-order valence-electron chi connectivity index (χ1n) is 11.5. The molecule has 2 aromatic heterocycles. The first-order chi connectivity index (χ1) is 16.5. The number of rotatable bonds is 6. The van der Waals surface area contributed by atoms with Crippen LogP contribution in [0.4, 0.5) is 0 Å². The van der Waals surface area contributed by atoms with Gasteiger partial charge in [0.1, 0.15) is 9.71 Å². The van der Waals surface area contributed by atoms with Crippen LogP contribution >= 0.6 is 22.9 Å². The number of nitrogens with zero attached hydrogens (tertiary/aromatic N) is 2. The summed E-state index contributed by atoms with van der Waals surface area (Å²) in [6, 6.07) is 16.9.